The van der Waals surface area contributed by atoms with Gasteiger partial charge in [0.15, 0.2) is 5.60 Å². The Balaban J connectivity index is 1.88. The quantitative estimate of drug-likeness (QED) is 0.609. The standard InChI is InChI=1S/C20H21N3O4/c1-20(27-3)9-7-14(11-18(20)23(24)25)15-8-10-21-19(12-15)22-16-5-4-6-17(13-16)26-2/h4-8,10-13H,9H2,1-3H3,(H,21,22). The number of benzene rings is 1. The van der Waals surface area contributed by atoms with Gasteiger partial charge < -0.3 is 14.8 Å². The number of methoxy groups -OCH3 is 2. The van der Waals surface area contributed by atoms with E-state index in [9.17, 15) is 10.1 Å². The molecule has 1 aromatic heterocycles. The predicted molar refractivity (Wildman–Crippen MR) is 104 cm³/mol. The smallest absolute Gasteiger partial charge is 0.278 e. The number of hydrogen-bond acceptors (Lipinski definition) is 6. The highest BCUT2D eigenvalue weighted by Crippen LogP contribution is 2.35. The predicted octanol–water partition coefficient (Wildman–Crippen LogP) is 4.19. The molecule has 0 amide bonds. The zero-order valence-electron chi connectivity index (χ0n) is 15.4. The third-order valence-electron chi connectivity index (χ3n) is 4.63. The Labute approximate surface area is 157 Å². The Morgan fingerprint density at radius 3 is 2.78 bits per heavy atom. The van der Waals surface area contributed by atoms with Crippen LogP contribution in [0.15, 0.2) is 60.4 Å². The third-order valence-corrected chi connectivity index (χ3v) is 4.63. The van der Waals surface area contributed by atoms with E-state index in [0.717, 1.165) is 22.6 Å². The molecule has 0 bridgehead atoms. The molecule has 1 atom stereocenters. The first-order valence-corrected chi connectivity index (χ1v) is 8.44. The van der Waals surface area contributed by atoms with Crippen molar-refractivity contribution in [3.8, 4) is 5.75 Å². The van der Waals surface area contributed by atoms with E-state index in [1.54, 1.807) is 26.3 Å². The topological polar surface area (TPSA) is 86.5 Å². The van der Waals surface area contributed by atoms with Gasteiger partial charge in [0.2, 0.25) is 0 Å². The molecule has 1 aliphatic rings. The lowest BCUT2D eigenvalue weighted by Crippen LogP contribution is -2.34. The summed E-state index contributed by atoms with van der Waals surface area (Å²) in [7, 11) is 3.10. The maximum absolute atomic E-state index is 11.5. The first kappa shape index (κ1) is 18.6. The largest absolute Gasteiger partial charge is 0.497 e. The van der Waals surface area contributed by atoms with Crippen LogP contribution in [-0.4, -0.2) is 29.7 Å². The maximum atomic E-state index is 11.5. The van der Waals surface area contributed by atoms with E-state index in [1.807, 2.05) is 42.5 Å². The molecule has 0 fully saturated rings. The number of aromatic nitrogens is 1. The van der Waals surface area contributed by atoms with Crippen molar-refractivity contribution in [2.75, 3.05) is 19.5 Å². The zero-order chi connectivity index (χ0) is 19.4. The summed E-state index contributed by atoms with van der Waals surface area (Å²) in [5.41, 5.74) is 1.56. The minimum atomic E-state index is -0.929. The third kappa shape index (κ3) is 3.98. The maximum Gasteiger partial charge on any atom is 0.278 e. The number of nitrogens with one attached hydrogen (secondary N) is 1. The van der Waals surface area contributed by atoms with Crippen molar-refractivity contribution in [1.82, 2.24) is 4.98 Å². The van der Waals surface area contributed by atoms with Crippen molar-refractivity contribution >= 4 is 17.1 Å². The number of anilines is 2. The first-order chi connectivity index (χ1) is 12.9. The molecule has 2 aromatic rings. The van der Waals surface area contributed by atoms with Gasteiger partial charge in [-0.1, -0.05) is 12.1 Å². The fraction of sp³-hybridized carbons (Fsp3) is 0.250. The molecular formula is C20H21N3O4. The van der Waals surface area contributed by atoms with Crippen LogP contribution in [0.25, 0.3) is 5.57 Å². The number of nitro groups is 1. The summed E-state index contributed by atoms with van der Waals surface area (Å²) in [6, 6.07) is 11.2. The van der Waals surface area contributed by atoms with E-state index >= 15 is 0 Å². The summed E-state index contributed by atoms with van der Waals surface area (Å²) in [6.07, 6.45) is 5.61. The molecule has 140 valence electrons. The van der Waals surface area contributed by atoms with Crippen molar-refractivity contribution < 1.29 is 14.4 Å². The molecule has 1 aromatic carbocycles. The molecule has 27 heavy (non-hydrogen) atoms. The van der Waals surface area contributed by atoms with Gasteiger partial charge in [0.05, 0.1) is 12.0 Å². The van der Waals surface area contributed by atoms with E-state index in [0.29, 0.717) is 12.2 Å². The second kappa shape index (κ2) is 7.59. The van der Waals surface area contributed by atoms with Crippen LogP contribution in [0.4, 0.5) is 11.5 Å². The molecule has 1 heterocycles. The van der Waals surface area contributed by atoms with Gasteiger partial charge in [0.1, 0.15) is 11.6 Å². The summed E-state index contributed by atoms with van der Waals surface area (Å²) in [6.45, 7) is 1.72. The van der Waals surface area contributed by atoms with Crippen LogP contribution in [0.1, 0.15) is 18.9 Å². The normalized spacial score (nSPS) is 19.1. The molecular weight excluding hydrogens is 346 g/mol. The minimum Gasteiger partial charge on any atom is -0.497 e. The van der Waals surface area contributed by atoms with Crippen LogP contribution in [0.2, 0.25) is 0 Å². The van der Waals surface area contributed by atoms with Crippen LogP contribution in [0.5, 0.6) is 5.75 Å². The Morgan fingerprint density at radius 1 is 1.26 bits per heavy atom. The molecule has 1 unspecified atom stereocenters. The average molecular weight is 367 g/mol. The monoisotopic (exact) mass is 367 g/mol. The number of nitrogens with zero attached hydrogens (tertiary/aromatic N) is 2. The lowest BCUT2D eigenvalue weighted by atomic mass is 9.88. The number of pyridine rings is 1. The van der Waals surface area contributed by atoms with Gasteiger partial charge in [-0.15, -0.1) is 0 Å². The van der Waals surface area contributed by atoms with Gasteiger partial charge in [0, 0.05) is 37.6 Å². The lowest BCUT2D eigenvalue weighted by Gasteiger charge is -2.27. The molecule has 0 spiro atoms. The fourth-order valence-electron chi connectivity index (χ4n) is 2.93. The van der Waals surface area contributed by atoms with Gasteiger partial charge in [0.25, 0.3) is 5.70 Å². The second-order valence-electron chi connectivity index (χ2n) is 6.37. The van der Waals surface area contributed by atoms with E-state index < -0.39 is 5.60 Å². The van der Waals surface area contributed by atoms with Gasteiger partial charge in [-0.2, -0.15) is 0 Å². The summed E-state index contributed by atoms with van der Waals surface area (Å²) < 4.78 is 10.6. The highest BCUT2D eigenvalue weighted by Gasteiger charge is 2.39. The second-order valence-corrected chi connectivity index (χ2v) is 6.37. The van der Waals surface area contributed by atoms with Crippen LogP contribution >= 0.6 is 0 Å². The van der Waals surface area contributed by atoms with Crippen molar-refractivity contribution in [1.29, 1.82) is 0 Å². The number of allylic oxidation sites excluding steroid dienone is 2. The summed E-state index contributed by atoms with van der Waals surface area (Å²) in [4.78, 5) is 15.4. The molecule has 3 rings (SSSR count). The van der Waals surface area contributed by atoms with Gasteiger partial charge in [-0.3, -0.25) is 10.1 Å². The van der Waals surface area contributed by atoms with Gasteiger partial charge >= 0.3 is 0 Å². The first-order valence-electron chi connectivity index (χ1n) is 8.44. The number of rotatable bonds is 6. The van der Waals surface area contributed by atoms with E-state index in [-0.39, 0.29) is 10.6 Å². The van der Waals surface area contributed by atoms with Crippen molar-refractivity contribution in [2.24, 2.45) is 0 Å². The van der Waals surface area contributed by atoms with Crippen molar-refractivity contribution in [3.05, 3.63) is 76.1 Å². The summed E-state index contributed by atoms with van der Waals surface area (Å²) in [5, 5.41) is 14.7. The Morgan fingerprint density at radius 2 is 2.07 bits per heavy atom. The van der Waals surface area contributed by atoms with Crippen molar-refractivity contribution in [2.45, 2.75) is 18.9 Å². The van der Waals surface area contributed by atoms with Crippen molar-refractivity contribution in [3.63, 3.8) is 0 Å². The van der Waals surface area contributed by atoms with Gasteiger partial charge in [-0.05, 0) is 42.3 Å². The minimum absolute atomic E-state index is 0.0432. The molecule has 0 saturated heterocycles. The number of hydrogen-bond donors (Lipinski definition) is 1. The fourth-order valence-corrected chi connectivity index (χ4v) is 2.93. The van der Waals surface area contributed by atoms with Crippen LogP contribution in [-0.2, 0) is 4.74 Å². The highest BCUT2D eigenvalue weighted by molar-refractivity contribution is 5.77. The SMILES string of the molecule is COc1cccc(Nc2cc(C3=CCC(C)(OC)C([N+](=O)[O-])=C3)ccn2)c1. The summed E-state index contributed by atoms with van der Waals surface area (Å²) >= 11 is 0. The molecule has 1 N–H and O–H groups in total. The van der Waals surface area contributed by atoms with Crippen LogP contribution in [0.3, 0.4) is 0 Å². The number of ether oxygens (including phenoxy) is 2. The highest BCUT2D eigenvalue weighted by atomic mass is 16.6. The van der Waals surface area contributed by atoms with Gasteiger partial charge in [-0.25, -0.2) is 4.98 Å². The van der Waals surface area contributed by atoms with E-state index in [1.165, 1.54) is 7.11 Å². The molecule has 7 nitrogen and oxygen atoms in total. The Kier molecular flexibility index (Phi) is 5.23. The lowest BCUT2D eigenvalue weighted by molar-refractivity contribution is -0.444. The van der Waals surface area contributed by atoms with E-state index in [4.69, 9.17) is 9.47 Å². The zero-order valence-corrected chi connectivity index (χ0v) is 15.4. The molecule has 0 radical (unpaired) electrons. The van der Waals surface area contributed by atoms with Crippen LogP contribution < -0.4 is 10.1 Å². The summed E-state index contributed by atoms with van der Waals surface area (Å²) in [5.74, 6) is 1.38. The molecule has 7 heteroatoms. The Bertz CT molecular complexity index is 923. The average Bonchev–Trinajstić information content (AvgIpc) is 2.68. The molecule has 0 aliphatic heterocycles. The molecule has 0 saturated carbocycles. The van der Waals surface area contributed by atoms with E-state index in [2.05, 4.69) is 10.3 Å². The Hall–Kier alpha value is -3.19. The van der Waals surface area contributed by atoms with Crippen LogP contribution in [0, 0.1) is 10.1 Å². The molecule has 1 aliphatic carbocycles.